The van der Waals surface area contributed by atoms with E-state index in [4.69, 9.17) is 5.11 Å². The Morgan fingerprint density at radius 1 is 0.952 bits per heavy atom. The van der Waals surface area contributed by atoms with Gasteiger partial charge in [0.2, 0.25) is 0 Å². The van der Waals surface area contributed by atoms with Crippen molar-refractivity contribution >= 4 is 33.4 Å². The molecule has 0 aliphatic heterocycles. The van der Waals surface area contributed by atoms with Crippen molar-refractivity contribution in [2.45, 2.75) is 0 Å². The largest absolute Gasteiger partial charge is 0.478 e. The molecule has 2 rings (SSSR count). The number of carboxylic acids is 1. The van der Waals surface area contributed by atoms with E-state index in [0.717, 1.165) is 4.47 Å². The second-order valence-electron chi connectivity index (χ2n) is 4.23. The highest BCUT2D eigenvalue weighted by molar-refractivity contribution is 9.10. The summed E-state index contributed by atoms with van der Waals surface area (Å²) in [7, 11) is 0. The predicted molar refractivity (Wildman–Crippen MR) is 84.6 cm³/mol. The lowest BCUT2D eigenvalue weighted by Gasteiger charge is -2.01. The van der Waals surface area contributed by atoms with Crippen LogP contribution in [0, 0.1) is 0 Å². The summed E-state index contributed by atoms with van der Waals surface area (Å²) in [6, 6.07) is 13.3. The molecule has 4 nitrogen and oxygen atoms in total. The molecule has 0 saturated heterocycles. The molecule has 2 N–H and O–H groups in total. The molecule has 0 spiro atoms. The van der Waals surface area contributed by atoms with E-state index in [2.05, 4.69) is 21.2 Å². The number of aromatic carboxylic acids is 1. The first-order valence-corrected chi connectivity index (χ1v) is 6.92. The van der Waals surface area contributed by atoms with Crippen molar-refractivity contribution in [1.29, 1.82) is 0 Å². The summed E-state index contributed by atoms with van der Waals surface area (Å²) in [6.45, 7) is 0. The molecule has 0 aliphatic carbocycles. The predicted octanol–water partition coefficient (Wildman–Crippen LogP) is 3.96. The molecule has 0 saturated carbocycles. The van der Waals surface area contributed by atoms with Crippen LogP contribution in [0.15, 0.2) is 65.3 Å². The van der Waals surface area contributed by atoms with Crippen LogP contribution in [0.1, 0.15) is 20.7 Å². The Kier molecular flexibility index (Phi) is 4.90. The van der Waals surface area contributed by atoms with Crippen LogP contribution >= 0.6 is 15.9 Å². The molecule has 0 aromatic heterocycles. The van der Waals surface area contributed by atoms with Gasteiger partial charge in [0.1, 0.15) is 0 Å². The van der Waals surface area contributed by atoms with E-state index < -0.39 is 5.97 Å². The first-order valence-electron chi connectivity index (χ1n) is 6.12. The Morgan fingerprint density at radius 3 is 2.10 bits per heavy atom. The van der Waals surface area contributed by atoms with Crippen molar-refractivity contribution in [1.82, 2.24) is 0 Å². The maximum Gasteiger partial charge on any atom is 0.335 e. The third-order valence-corrected chi connectivity index (χ3v) is 3.27. The van der Waals surface area contributed by atoms with Gasteiger partial charge in [0.05, 0.1) is 5.56 Å². The van der Waals surface area contributed by atoms with Crippen LogP contribution in [0.5, 0.6) is 0 Å². The molecule has 0 heterocycles. The first kappa shape index (κ1) is 15.0. The lowest BCUT2D eigenvalue weighted by atomic mass is 10.1. The normalized spacial score (nSPS) is 10.5. The number of carbonyl (C=O) groups excluding carboxylic acids is 1. The number of benzene rings is 2. The minimum absolute atomic E-state index is 0.114. The van der Waals surface area contributed by atoms with Gasteiger partial charge in [0, 0.05) is 28.0 Å². The van der Waals surface area contributed by atoms with Gasteiger partial charge in [0.25, 0.3) is 0 Å². The molecule has 5 heteroatoms. The Labute approximate surface area is 130 Å². The molecule has 0 amide bonds. The van der Waals surface area contributed by atoms with E-state index in [-0.39, 0.29) is 11.3 Å². The summed E-state index contributed by atoms with van der Waals surface area (Å²) >= 11 is 3.31. The smallest absolute Gasteiger partial charge is 0.335 e. The summed E-state index contributed by atoms with van der Waals surface area (Å²) < 4.78 is 0.916. The number of anilines is 1. The van der Waals surface area contributed by atoms with Gasteiger partial charge < -0.3 is 10.4 Å². The van der Waals surface area contributed by atoms with Gasteiger partial charge in [-0.3, -0.25) is 4.79 Å². The zero-order valence-corrected chi connectivity index (χ0v) is 12.5. The van der Waals surface area contributed by atoms with Crippen LogP contribution in [0.25, 0.3) is 0 Å². The minimum Gasteiger partial charge on any atom is -0.478 e. The number of allylic oxidation sites excluding steroid dienone is 1. The number of nitrogens with one attached hydrogen (secondary N) is 1. The van der Waals surface area contributed by atoms with Crippen LogP contribution in [0.4, 0.5) is 5.69 Å². The van der Waals surface area contributed by atoms with Crippen LogP contribution in [0.3, 0.4) is 0 Å². The number of hydrogen-bond donors (Lipinski definition) is 2. The van der Waals surface area contributed by atoms with Crippen molar-refractivity contribution in [3.05, 3.63) is 76.4 Å². The second kappa shape index (κ2) is 6.85. The molecule has 0 radical (unpaired) electrons. The summed E-state index contributed by atoms with van der Waals surface area (Å²) in [5, 5.41) is 11.7. The highest BCUT2D eigenvalue weighted by Gasteiger charge is 2.02. The molecule has 21 heavy (non-hydrogen) atoms. The highest BCUT2D eigenvalue weighted by Crippen LogP contribution is 2.12. The number of ketones is 1. The summed E-state index contributed by atoms with van der Waals surface area (Å²) in [6.07, 6.45) is 2.95. The van der Waals surface area contributed by atoms with E-state index >= 15 is 0 Å². The van der Waals surface area contributed by atoms with Crippen molar-refractivity contribution in [2.75, 3.05) is 5.32 Å². The van der Waals surface area contributed by atoms with Gasteiger partial charge in [-0.2, -0.15) is 0 Å². The maximum absolute atomic E-state index is 11.9. The van der Waals surface area contributed by atoms with E-state index in [0.29, 0.717) is 11.3 Å². The molecular formula is C16H12BrNO3. The molecule has 0 aliphatic rings. The molecular weight excluding hydrogens is 334 g/mol. The Hall–Kier alpha value is -2.40. The second-order valence-corrected chi connectivity index (χ2v) is 5.15. The quantitative estimate of drug-likeness (QED) is 0.635. The van der Waals surface area contributed by atoms with Crippen LogP contribution < -0.4 is 5.32 Å². The average molecular weight is 346 g/mol. The third kappa shape index (κ3) is 4.29. The van der Waals surface area contributed by atoms with E-state index in [9.17, 15) is 9.59 Å². The average Bonchev–Trinajstić information content (AvgIpc) is 2.48. The minimum atomic E-state index is -0.970. The number of rotatable bonds is 5. The lowest BCUT2D eigenvalue weighted by molar-refractivity contribution is 0.0696. The third-order valence-electron chi connectivity index (χ3n) is 2.75. The molecule has 2 aromatic carbocycles. The fourth-order valence-electron chi connectivity index (χ4n) is 1.63. The highest BCUT2D eigenvalue weighted by atomic mass is 79.9. The molecule has 0 unspecified atom stereocenters. The number of halogens is 1. The summed E-state index contributed by atoms with van der Waals surface area (Å²) in [4.78, 5) is 22.6. The summed E-state index contributed by atoms with van der Waals surface area (Å²) in [5.74, 6) is -1.08. The van der Waals surface area contributed by atoms with E-state index in [1.54, 1.807) is 36.4 Å². The Balaban J connectivity index is 1.97. The van der Waals surface area contributed by atoms with Crippen LogP contribution in [-0.4, -0.2) is 16.9 Å². The zero-order valence-electron chi connectivity index (χ0n) is 10.9. The van der Waals surface area contributed by atoms with Gasteiger partial charge in [-0.1, -0.05) is 15.9 Å². The summed E-state index contributed by atoms with van der Waals surface area (Å²) in [5.41, 5.74) is 1.52. The number of hydrogen-bond acceptors (Lipinski definition) is 3. The molecule has 2 aromatic rings. The van der Waals surface area contributed by atoms with Gasteiger partial charge >= 0.3 is 5.97 Å². The Morgan fingerprint density at radius 2 is 1.52 bits per heavy atom. The fraction of sp³-hybridized carbons (Fsp3) is 0. The van der Waals surface area contributed by atoms with Crippen molar-refractivity contribution < 1.29 is 14.7 Å². The molecule has 0 atom stereocenters. The van der Waals surface area contributed by atoms with Crippen molar-refractivity contribution in [2.24, 2.45) is 0 Å². The Bertz CT molecular complexity index is 676. The van der Waals surface area contributed by atoms with Crippen LogP contribution in [-0.2, 0) is 0 Å². The topological polar surface area (TPSA) is 66.4 Å². The molecule has 0 fully saturated rings. The van der Waals surface area contributed by atoms with Gasteiger partial charge in [-0.05, 0) is 48.5 Å². The zero-order chi connectivity index (χ0) is 15.2. The standard InChI is InChI=1S/C16H12BrNO3/c17-13-5-1-11(2-6-13)15(19)9-10-18-14-7-3-12(4-8-14)16(20)21/h1-10,18H,(H,20,21). The van der Waals surface area contributed by atoms with E-state index in [1.165, 1.54) is 24.4 Å². The van der Waals surface area contributed by atoms with E-state index in [1.807, 2.05) is 0 Å². The number of carboxylic acid groups (broad SMARTS) is 1. The first-order chi connectivity index (χ1) is 10.1. The van der Waals surface area contributed by atoms with Crippen LogP contribution in [0.2, 0.25) is 0 Å². The maximum atomic E-state index is 11.9. The van der Waals surface area contributed by atoms with Gasteiger partial charge in [-0.15, -0.1) is 0 Å². The van der Waals surface area contributed by atoms with Crippen molar-refractivity contribution in [3.8, 4) is 0 Å². The van der Waals surface area contributed by atoms with Gasteiger partial charge in [-0.25, -0.2) is 4.79 Å². The number of carbonyl (C=O) groups is 2. The lowest BCUT2D eigenvalue weighted by Crippen LogP contribution is -1.97. The monoisotopic (exact) mass is 345 g/mol. The fourth-order valence-corrected chi connectivity index (χ4v) is 1.90. The van der Waals surface area contributed by atoms with Gasteiger partial charge in [0.15, 0.2) is 5.78 Å². The van der Waals surface area contributed by atoms with Crippen molar-refractivity contribution in [3.63, 3.8) is 0 Å². The SMILES string of the molecule is O=C(O)c1ccc(NC=CC(=O)c2ccc(Br)cc2)cc1. The molecule has 0 bridgehead atoms. The molecule has 106 valence electrons.